The molecule has 112 valence electrons. The van der Waals surface area contributed by atoms with Crippen LogP contribution < -0.4 is 0 Å². The summed E-state index contributed by atoms with van der Waals surface area (Å²) in [4.78, 5) is 0. The van der Waals surface area contributed by atoms with Crippen molar-refractivity contribution in [1.29, 1.82) is 0 Å². The summed E-state index contributed by atoms with van der Waals surface area (Å²) >= 11 is 0. The summed E-state index contributed by atoms with van der Waals surface area (Å²) in [7, 11) is -4.46. The Bertz CT molecular complexity index is 405. The highest BCUT2D eigenvalue weighted by molar-refractivity contribution is 7.85. The van der Waals surface area contributed by atoms with Crippen molar-refractivity contribution in [3.8, 4) is 0 Å². The molecule has 0 spiro atoms. The topological polar surface area (TPSA) is 132 Å². The Morgan fingerprint density at radius 2 is 1.44 bits per heavy atom. The van der Waals surface area contributed by atoms with Gasteiger partial charge in [0.2, 0.25) is 10.4 Å². The van der Waals surface area contributed by atoms with Crippen LogP contribution in [0.1, 0.15) is 19.8 Å². The van der Waals surface area contributed by atoms with Gasteiger partial charge in [0.25, 0.3) is 10.1 Å². The number of unbranched alkanes of at least 4 members (excludes halogenated alkanes) is 1. The lowest BCUT2D eigenvalue weighted by Crippen LogP contribution is -2.40. The molecule has 10 heteroatoms. The number of rotatable bonds is 6. The molecule has 0 fully saturated rings. The highest BCUT2D eigenvalue weighted by Crippen LogP contribution is 2.02. The highest BCUT2D eigenvalue weighted by Gasteiger charge is 2.11. The van der Waals surface area contributed by atoms with Crippen LogP contribution in [0.5, 0.6) is 0 Å². The summed E-state index contributed by atoms with van der Waals surface area (Å²) in [6, 6.07) is 0. The standard InChI is InChI=1S/C8H19NO3S.H2O4S/c1-4-9(2,3)7-5-6-8-13(10,11)12;1-5(2,3)4/h4-8H2,1-3H3;(H2,1,2,3,4). The smallest absolute Gasteiger partial charge is 0.264 e. The van der Waals surface area contributed by atoms with Gasteiger partial charge >= 0.3 is 0 Å². The molecule has 18 heavy (non-hydrogen) atoms. The molecular weight excluding hydrogens is 286 g/mol. The molecule has 0 heterocycles. The maximum atomic E-state index is 10.4. The first kappa shape index (κ1) is 20.1. The van der Waals surface area contributed by atoms with Crippen LogP contribution in [-0.4, -0.2) is 67.9 Å². The lowest BCUT2D eigenvalue weighted by Gasteiger charge is -2.27. The summed E-state index contributed by atoms with van der Waals surface area (Å²) < 4.78 is 63.0. The maximum Gasteiger partial charge on any atom is 0.264 e. The van der Waals surface area contributed by atoms with Gasteiger partial charge in [-0.3, -0.25) is 9.11 Å². The third-order valence-electron chi connectivity index (χ3n) is 2.27. The number of hydrogen-bond acceptors (Lipinski definition) is 5. The van der Waals surface area contributed by atoms with E-state index in [2.05, 4.69) is 21.0 Å². The monoisotopic (exact) mass is 307 g/mol. The van der Waals surface area contributed by atoms with Crippen molar-refractivity contribution >= 4 is 20.5 Å². The van der Waals surface area contributed by atoms with E-state index in [0.29, 0.717) is 6.42 Å². The van der Waals surface area contributed by atoms with Crippen molar-refractivity contribution in [2.75, 3.05) is 32.9 Å². The molecule has 0 aliphatic carbocycles. The number of hydrogen-bond donors (Lipinski definition) is 2. The molecule has 0 unspecified atom stereocenters. The van der Waals surface area contributed by atoms with Gasteiger partial charge < -0.3 is 9.04 Å². The molecule has 2 N–H and O–H groups in total. The lowest BCUT2D eigenvalue weighted by atomic mass is 10.3. The molecule has 0 rings (SSSR count). The zero-order valence-electron chi connectivity index (χ0n) is 10.7. The van der Waals surface area contributed by atoms with E-state index in [1.165, 1.54) is 0 Å². The predicted octanol–water partition coefficient (Wildman–Crippen LogP) is -0.245. The molecule has 0 saturated carbocycles. The lowest BCUT2D eigenvalue weighted by molar-refractivity contribution is -0.888. The van der Waals surface area contributed by atoms with Crippen LogP contribution in [0.15, 0.2) is 0 Å². The predicted molar refractivity (Wildman–Crippen MR) is 65.5 cm³/mol. The Labute approximate surface area is 109 Å². The van der Waals surface area contributed by atoms with E-state index in [0.717, 1.165) is 24.0 Å². The third-order valence-corrected chi connectivity index (χ3v) is 3.08. The second kappa shape index (κ2) is 8.02. The van der Waals surface area contributed by atoms with Crippen molar-refractivity contribution in [3.63, 3.8) is 0 Å². The molecule has 0 amide bonds. The van der Waals surface area contributed by atoms with E-state index in [1.54, 1.807) is 0 Å². The Morgan fingerprint density at radius 1 is 1.06 bits per heavy atom. The fourth-order valence-corrected chi connectivity index (χ4v) is 1.55. The quantitative estimate of drug-likeness (QED) is 0.299. The van der Waals surface area contributed by atoms with Crippen LogP contribution >= 0.6 is 0 Å². The summed E-state index contributed by atoms with van der Waals surface area (Å²) in [6.45, 7) is 4.08. The van der Waals surface area contributed by atoms with Crippen LogP contribution in [0.4, 0.5) is 0 Å². The normalized spacial score (nSPS) is 12.8. The fraction of sp³-hybridized carbons (Fsp3) is 1.00. The van der Waals surface area contributed by atoms with Crippen molar-refractivity contribution in [2.24, 2.45) is 0 Å². The number of nitrogens with zero attached hydrogens (tertiary/aromatic N) is 1. The van der Waals surface area contributed by atoms with Crippen molar-refractivity contribution in [1.82, 2.24) is 0 Å². The minimum absolute atomic E-state index is 0.114. The molecule has 0 aliphatic heterocycles. The van der Waals surface area contributed by atoms with Gasteiger partial charge in [0.15, 0.2) is 0 Å². The molecule has 0 aromatic carbocycles. The van der Waals surface area contributed by atoms with Gasteiger partial charge in [-0.05, 0) is 19.8 Å². The highest BCUT2D eigenvalue weighted by atomic mass is 32.3. The number of quaternary nitrogens is 1. The second-order valence-electron chi connectivity index (χ2n) is 4.40. The summed E-state index contributed by atoms with van der Waals surface area (Å²) in [5.41, 5.74) is 0. The van der Waals surface area contributed by atoms with Gasteiger partial charge in [0.05, 0.1) is 32.9 Å². The maximum absolute atomic E-state index is 10.4. The van der Waals surface area contributed by atoms with E-state index in [4.69, 9.17) is 22.1 Å². The van der Waals surface area contributed by atoms with Crippen LogP contribution in [0, 0.1) is 0 Å². The molecule has 0 aromatic heterocycles. The Hall–Kier alpha value is -0.260. The molecule has 0 bridgehead atoms. The fourth-order valence-electron chi connectivity index (χ4n) is 0.982. The molecule has 8 nitrogen and oxygen atoms in total. The van der Waals surface area contributed by atoms with E-state index >= 15 is 0 Å². The first-order chi connectivity index (χ1) is 7.77. The Kier molecular flexibility index (Phi) is 8.94. The van der Waals surface area contributed by atoms with Gasteiger partial charge in [-0.15, -0.1) is 0 Å². The molecule has 0 saturated heterocycles. The second-order valence-corrected chi connectivity index (χ2v) is 6.82. The van der Waals surface area contributed by atoms with Crippen LogP contribution in [0.25, 0.3) is 0 Å². The van der Waals surface area contributed by atoms with Crippen LogP contribution in [0.2, 0.25) is 0 Å². The first-order valence-electron chi connectivity index (χ1n) is 5.22. The van der Waals surface area contributed by atoms with Gasteiger partial charge in [-0.25, -0.2) is 8.42 Å². The molecule has 0 aromatic rings. The van der Waals surface area contributed by atoms with Gasteiger partial charge in [0, 0.05) is 0 Å². The summed E-state index contributed by atoms with van der Waals surface area (Å²) in [5, 5.41) is 0. The Morgan fingerprint density at radius 3 is 1.72 bits per heavy atom. The zero-order chi connectivity index (χ0) is 15.0. The average molecular weight is 307 g/mol. The van der Waals surface area contributed by atoms with Gasteiger partial charge in [0.1, 0.15) is 0 Å². The molecule has 0 atom stereocenters. The SMILES string of the molecule is CC[N+](C)(C)CCCCS(=O)(=O)O.O=S(=O)([O-])O. The molecular formula is C8H21NO7S2. The summed E-state index contributed by atoms with van der Waals surface area (Å²) in [5.74, 6) is -0.114. The van der Waals surface area contributed by atoms with Crippen molar-refractivity contribution in [2.45, 2.75) is 19.8 Å². The van der Waals surface area contributed by atoms with Crippen molar-refractivity contribution in [3.05, 3.63) is 0 Å². The molecule has 0 aliphatic rings. The first-order valence-corrected chi connectivity index (χ1v) is 8.20. The third kappa shape index (κ3) is 24.8. The van der Waals surface area contributed by atoms with Gasteiger partial charge in [-0.2, -0.15) is 8.42 Å². The van der Waals surface area contributed by atoms with E-state index in [-0.39, 0.29) is 5.75 Å². The Balaban J connectivity index is 0. The summed E-state index contributed by atoms with van der Waals surface area (Å²) in [6.07, 6.45) is 1.38. The average Bonchev–Trinajstić information content (AvgIpc) is 2.08. The van der Waals surface area contributed by atoms with Crippen LogP contribution in [-0.2, 0) is 20.5 Å². The van der Waals surface area contributed by atoms with E-state index in [9.17, 15) is 8.42 Å². The zero-order valence-corrected chi connectivity index (χ0v) is 12.4. The minimum Gasteiger partial charge on any atom is -0.726 e. The minimum atomic E-state index is -4.92. The molecule has 0 radical (unpaired) electrons. The largest absolute Gasteiger partial charge is 0.726 e. The van der Waals surface area contributed by atoms with Crippen LogP contribution in [0.3, 0.4) is 0 Å². The van der Waals surface area contributed by atoms with Gasteiger partial charge in [-0.1, -0.05) is 0 Å². The van der Waals surface area contributed by atoms with E-state index in [1.807, 2.05) is 0 Å². The van der Waals surface area contributed by atoms with Crippen molar-refractivity contribution < 1.29 is 35.0 Å². The van der Waals surface area contributed by atoms with E-state index < -0.39 is 20.5 Å².